The monoisotopic (exact) mass is 390 g/mol. The fraction of sp³-hybridized carbons (Fsp3) is 0.400. The van der Waals surface area contributed by atoms with Crippen LogP contribution < -0.4 is 9.47 Å². The summed E-state index contributed by atoms with van der Waals surface area (Å²) in [5, 5.41) is 0. The molecule has 2 aliphatic heterocycles. The van der Waals surface area contributed by atoms with Crippen LogP contribution in [-0.4, -0.2) is 47.1 Å². The van der Waals surface area contributed by atoms with Crippen molar-refractivity contribution in [3.63, 3.8) is 0 Å². The van der Waals surface area contributed by atoms with Gasteiger partial charge in [-0.05, 0) is 61.4 Å². The highest BCUT2D eigenvalue weighted by Crippen LogP contribution is 2.30. The number of hydrogen-bond acceptors (Lipinski definition) is 6. The molecule has 0 aromatic heterocycles. The Kier molecular flexibility index (Phi) is 4.84. The molecule has 2 saturated heterocycles. The van der Waals surface area contributed by atoms with Crippen LogP contribution in [0.4, 0.5) is 0 Å². The lowest BCUT2D eigenvalue weighted by Gasteiger charge is -2.12. The van der Waals surface area contributed by atoms with Crippen molar-refractivity contribution in [1.29, 1.82) is 0 Å². The van der Waals surface area contributed by atoms with Crippen LogP contribution in [0.2, 0.25) is 0 Å². The molecule has 0 bridgehead atoms. The first-order valence-corrected chi connectivity index (χ1v) is 10.4. The van der Waals surface area contributed by atoms with E-state index >= 15 is 0 Å². The minimum Gasteiger partial charge on any atom is -0.491 e. The zero-order valence-corrected chi connectivity index (χ0v) is 16.1. The van der Waals surface area contributed by atoms with Gasteiger partial charge in [0.2, 0.25) is 9.84 Å². The van der Waals surface area contributed by atoms with Crippen molar-refractivity contribution >= 4 is 9.84 Å². The standard InChI is InChI=1S/C20H22O6S/c1-13-7-17(3-5-19(13)25-11-15-9-23-15)27(21,22)18-4-6-20(14(2)8-18)26-12-16-10-24-16/h3-8,15-16H,9-12H2,1-2H3. The Bertz CT molecular complexity index is 873. The molecule has 0 saturated carbocycles. The molecule has 0 radical (unpaired) electrons. The molecule has 4 rings (SSSR count). The molecule has 2 unspecified atom stereocenters. The third kappa shape index (κ3) is 4.26. The van der Waals surface area contributed by atoms with Crippen LogP contribution in [0.5, 0.6) is 11.5 Å². The fourth-order valence-electron chi connectivity index (χ4n) is 2.73. The van der Waals surface area contributed by atoms with E-state index in [9.17, 15) is 8.42 Å². The number of rotatable bonds is 8. The predicted molar refractivity (Wildman–Crippen MR) is 98.3 cm³/mol. The molecule has 0 spiro atoms. The van der Waals surface area contributed by atoms with Gasteiger partial charge in [0.25, 0.3) is 0 Å². The quantitative estimate of drug-likeness (QED) is 0.645. The van der Waals surface area contributed by atoms with Crippen molar-refractivity contribution < 1.29 is 27.4 Å². The average molecular weight is 390 g/mol. The van der Waals surface area contributed by atoms with E-state index in [1.165, 1.54) is 0 Å². The summed E-state index contributed by atoms with van der Waals surface area (Å²) in [4.78, 5) is 0.490. The van der Waals surface area contributed by atoms with Crippen LogP contribution in [0.1, 0.15) is 11.1 Å². The Labute approximate surface area is 158 Å². The number of hydrogen-bond donors (Lipinski definition) is 0. The van der Waals surface area contributed by atoms with E-state index in [0.29, 0.717) is 24.7 Å². The molecular formula is C20H22O6S. The first-order valence-electron chi connectivity index (χ1n) is 8.88. The van der Waals surface area contributed by atoms with Crippen molar-refractivity contribution in [2.75, 3.05) is 26.4 Å². The first kappa shape index (κ1) is 18.3. The largest absolute Gasteiger partial charge is 0.491 e. The summed E-state index contributed by atoms with van der Waals surface area (Å²) in [6, 6.07) is 9.84. The van der Waals surface area contributed by atoms with E-state index in [1.54, 1.807) is 36.4 Å². The third-order valence-corrected chi connectivity index (χ3v) is 6.32. The van der Waals surface area contributed by atoms with Gasteiger partial charge in [0, 0.05) is 0 Å². The van der Waals surface area contributed by atoms with Crippen LogP contribution in [0.25, 0.3) is 0 Å². The molecule has 2 heterocycles. The molecule has 144 valence electrons. The topological polar surface area (TPSA) is 77.7 Å². The lowest BCUT2D eigenvalue weighted by molar-refractivity contribution is 0.261. The normalized spacial score (nSPS) is 21.0. The lowest BCUT2D eigenvalue weighted by Crippen LogP contribution is -2.08. The molecule has 2 atom stereocenters. The fourth-order valence-corrected chi connectivity index (χ4v) is 4.16. The molecule has 0 amide bonds. The molecule has 7 heteroatoms. The number of benzene rings is 2. The van der Waals surface area contributed by atoms with Crippen LogP contribution in [0.15, 0.2) is 46.2 Å². The highest BCUT2D eigenvalue weighted by molar-refractivity contribution is 7.91. The average Bonchev–Trinajstić information content (AvgIpc) is 3.54. The zero-order chi connectivity index (χ0) is 19.0. The highest BCUT2D eigenvalue weighted by atomic mass is 32.2. The highest BCUT2D eigenvalue weighted by Gasteiger charge is 2.25. The summed E-state index contributed by atoms with van der Waals surface area (Å²) in [5.74, 6) is 1.35. The SMILES string of the molecule is Cc1cc(S(=O)(=O)c2ccc(OCC3CO3)c(C)c2)ccc1OCC1CO1. The van der Waals surface area contributed by atoms with E-state index < -0.39 is 9.84 Å². The van der Waals surface area contributed by atoms with Crippen LogP contribution in [0.3, 0.4) is 0 Å². The van der Waals surface area contributed by atoms with Gasteiger partial charge in [0.15, 0.2) is 0 Å². The Balaban J connectivity index is 1.52. The molecule has 2 aromatic rings. The van der Waals surface area contributed by atoms with E-state index in [0.717, 1.165) is 24.3 Å². The van der Waals surface area contributed by atoms with E-state index in [2.05, 4.69) is 0 Å². The molecule has 6 nitrogen and oxygen atoms in total. The zero-order valence-electron chi connectivity index (χ0n) is 15.3. The van der Waals surface area contributed by atoms with Gasteiger partial charge in [0.1, 0.15) is 36.9 Å². The van der Waals surface area contributed by atoms with Crippen LogP contribution >= 0.6 is 0 Å². The smallest absolute Gasteiger partial charge is 0.206 e. The van der Waals surface area contributed by atoms with E-state index in [1.807, 2.05) is 13.8 Å². The first-order chi connectivity index (χ1) is 12.9. The van der Waals surface area contributed by atoms with Crippen molar-refractivity contribution in [1.82, 2.24) is 0 Å². The molecule has 2 fully saturated rings. The molecule has 2 aromatic carbocycles. The second-order valence-corrected chi connectivity index (χ2v) is 8.84. The van der Waals surface area contributed by atoms with Crippen molar-refractivity contribution in [3.05, 3.63) is 47.5 Å². The van der Waals surface area contributed by atoms with Crippen LogP contribution in [-0.2, 0) is 19.3 Å². The van der Waals surface area contributed by atoms with Gasteiger partial charge in [-0.2, -0.15) is 0 Å². The number of aryl methyl sites for hydroxylation is 2. The number of sulfone groups is 1. The molecular weight excluding hydrogens is 368 g/mol. The minimum atomic E-state index is -3.62. The molecule has 0 aliphatic carbocycles. The summed E-state index contributed by atoms with van der Waals surface area (Å²) < 4.78 is 47.6. The summed E-state index contributed by atoms with van der Waals surface area (Å²) in [7, 11) is -3.62. The van der Waals surface area contributed by atoms with Crippen molar-refractivity contribution in [2.45, 2.75) is 35.8 Å². The van der Waals surface area contributed by atoms with Crippen molar-refractivity contribution in [3.8, 4) is 11.5 Å². The molecule has 2 aliphatic rings. The Morgan fingerprint density at radius 1 is 0.852 bits per heavy atom. The van der Waals surface area contributed by atoms with Gasteiger partial charge < -0.3 is 18.9 Å². The second kappa shape index (κ2) is 7.14. The van der Waals surface area contributed by atoms with Gasteiger partial charge in [-0.1, -0.05) is 0 Å². The van der Waals surface area contributed by atoms with E-state index in [-0.39, 0.29) is 22.0 Å². The van der Waals surface area contributed by atoms with Crippen molar-refractivity contribution in [2.24, 2.45) is 0 Å². The van der Waals surface area contributed by atoms with Crippen LogP contribution in [0, 0.1) is 13.8 Å². The third-order valence-electron chi connectivity index (χ3n) is 4.57. The molecule has 0 N–H and O–H groups in total. The Hall–Kier alpha value is -2.09. The van der Waals surface area contributed by atoms with Gasteiger partial charge in [-0.15, -0.1) is 0 Å². The number of epoxide rings is 2. The molecule has 27 heavy (non-hydrogen) atoms. The predicted octanol–water partition coefficient (Wildman–Crippen LogP) is 2.69. The summed E-state index contributed by atoms with van der Waals surface area (Å²) in [6.07, 6.45) is 0.311. The second-order valence-electron chi connectivity index (χ2n) is 6.89. The maximum Gasteiger partial charge on any atom is 0.206 e. The Morgan fingerprint density at radius 3 is 1.59 bits per heavy atom. The number of ether oxygens (including phenoxy) is 4. The van der Waals surface area contributed by atoms with Gasteiger partial charge in [-0.3, -0.25) is 0 Å². The summed E-state index contributed by atoms with van der Waals surface area (Å²) in [6.45, 7) is 6.09. The van der Waals surface area contributed by atoms with E-state index in [4.69, 9.17) is 18.9 Å². The Morgan fingerprint density at radius 2 is 1.26 bits per heavy atom. The van der Waals surface area contributed by atoms with Gasteiger partial charge in [0.05, 0.1) is 23.0 Å². The minimum absolute atomic E-state index is 0.156. The maximum absolute atomic E-state index is 13.0. The summed E-state index contributed by atoms with van der Waals surface area (Å²) in [5.41, 5.74) is 1.55. The van der Waals surface area contributed by atoms with Gasteiger partial charge >= 0.3 is 0 Å². The lowest BCUT2D eigenvalue weighted by atomic mass is 10.2. The maximum atomic E-state index is 13.0. The van der Waals surface area contributed by atoms with Gasteiger partial charge in [-0.25, -0.2) is 8.42 Å². The summed E-state index contributed by atoms with van der Waals surface area (Å²) >= 11 is 0.